The number of para-hydroxylation sites is 1. The number of carboxylic acids is 1. The SMILES string of the molecule is CC(C)C[C@H](NC(=O)CNC(=O)C1=Cc2ccccc2OC1)C(=O)O. The lowest BCUT2D eigenvalue weighted by Gasteiger charge is -2.18. The summed E-state index contributed by atoms with van der Waals surface area (Å²) in [5.74, 6) is -1.22. The lowest BCUT2D eigenvalue weighted by molar-refractivity contribution is -0.142. The van der Waals surface area contributed by atoms with Gasteiger partial charge in [0.25, 0.3) is 5.91 Å². The van der Waals surface area contributed by atoms with Crippen molar-refractivity contribution in [1.29, 1.82) is 0 Å². The van der Waals surface area contributed by atoms with Gasteiger partial charge in [0.1, 0.15) is 18.4 Å². The van der Waals surface area contributed by atoms with E-state index in [1.165, 1.54) is 0 Å². The molecule has 0 saturated heterocycles. The van der Waals surface area contributed by atoms with Crippen molar-refractivity contribution in [2.75, 3.05) is 13.2 Å². The van der Waals surface area contributed by atoms with Crippen molar-refractivity contribution < 1.29 is 24.2 Å². The summed E-state index contributed by atoms with van der Waals surface area (Å²) in [5.41, 5.74) is 1.20. The minimum atomic E-state index is -1.09. The maximum atomic E-state index is 12.2. The first-order valence-electron chi connectivity index (χ1n) is 8.09. The van der Waals surface area contributed by atoms with Crippen LogP contribution in [-0.2, 0) is 14.4 Å². The van der Waals surface area contributed by atoms with E-state index >= 15 is 0 Å². The molecule has 25 heavy (non-hydrogen) atoms. The van der Waals surface area contributed by atoms with Gasteiger partial charge in [-0.2, -0.15) is 0 Å². The molecule has 2 rings (SSSR count). The average Bonchev–Trinajstić information content (AvgIpc) is 2.58. The van der Waals surface area contributed by atoms with E-state index in [1.807, 2.05) is 38.1 Å². The molecule has 1 aromatic carbocycles. The normalized spacial score (nSPS) is 14.0. The Morgan fingerprint density at radius 2 is 1.96 bits per heavy atom. The maximum Gasteiger partial charge on any atom is 0.326 e. The van der Waals surface area contributed by atoms with E-state index in [1.54, 1.807) is 6.08 Å². The molecule has 1 aromatic rings. The van der Waals surface area contributed by atoms with Crippen molar-refractivity contribution in [2.45, 2.75) is 26.3 Å². The summed E-state index contributed by atoms with van der Waals surface area (Å²) >= 11 is 0. The summed E-state index contributed by atoms with van der Waals surface area (Å²) in [5, 5.41) is 14.0. The van der Waals surface area contributed by atoms with Gasteiger partial charge in [0.05, 0.1) is 12.1 Å². The van der Waals surface area contributed by atoms with Gasteiger partial charge in [0, 0.05) is 5.56 Å². The number of carbonyl (C=O) groups excluding carboxylic acids is 2. The number of fused-ring (bicyclic) bond motifs is 1. The van der Waals surface area contributed by atoms with Crippen LogP contribution in [0, 0.1) is 5.92 Å². The van der Waals surface area contributed by atoms with Crippen LogP contribution in [0.1, 0.15) is 25.8 Å². The number of amides is 2. The molecule has 0 aromatic heterocycles. The van der Waals surface area contributed by atoms with E-state index in [-0.39, 0.29) is 19.1 Å². The Labute approximate surface area is 146 Å². The molecule has 0 spiro atoms. The third kappa shape index (κ3) is 5.34. The monoisotopic (exact) mass is 346 g/mol. The zero-order valence-corrected chi connectivity index (χ0v) is 14.2. The van der Waals surface area contributed by atoms with Gasteiger partial charge in [-0.3, -0.25) is 9.59 Å². The molecule has 1 heterocycles. The molecule has 1 aliphatic rings. The minimum Gasteiger partial charge on any atom is -0.488 e. The quantitative estimate of drug-likeness (QED) is 0.688. The highest BCUT2D eigenvalue weighted by atomic mass is 16.5. The van der Waals surface area contributed by atoms with Gasteiger partial charge in [0.15, 0.2) is 0 Å². The summed E-state index contributed by atoms with van der Waals surface area (Å²) in [6.07, 6.45) is 2.04. The molecule has 7 nitrogen and oxygen atoms in total. The number of carboxylic acid groups (broad SMARTS) is 1. The number of hydrogen-bond donors (Lipinski definition) is 3. The van der Waals surface area contributed by atoms with Crippen molar-refractivity contribution in [3.8, 4) is 5.75 Å². The Morgan fingerprint density at radius 1 is 1.24 bits per heavy atom. The van der Waals surface area contributed by atoms with Gasteiger partial charge in [-0.1, -0.05) is 32.0 Å². The lowest BCUT2D eigenvalue weighted by Crippen LogP contribution is -2.46. The van der Waals surface area contributed by atoms with Gasteiger partial charge in [-0.15, -0.1) is 0 Å². The number of hydrogen-bond acceptors (Lipinski definition) is 4. The van der Waals surface area contributed by atoms with E-state index in [0.29, 0.717) is 17.7 Å². The maximum absolute atomic E-state index is 12.2. The zero-order chi connectivity index (χ0) is 18.4. The molecule has 0 aliphatic carbocycles. The van der Waals surface area contributed by atoms with Gasteiger partial charge in [-0.25, -0.2) is 4.79 Å². The first kappa shape index (κ1) is 18.5. The van der Waals surface area contributed by atoms with Gasteiger partial charge < -0.3 is 20.5 Å². The summed E-state index contributed by atoms with van der Waals surface area (Å²) in [6, 6.07) is 6.37. The van der Waals surface area contributed by atoms with Gasteiger partial charge in [0.2, 0.25) is 5.91 Å². The predicted molar refractivity (Wildman–Crippen MR) is 91.9 cm³/mol. The highest BCUT2D eigenvalue weighted by Crippen LogP contribution is 2.25. The molecule has 0 fully saturated rings. The zero-order valence-electron chi connectivity index (χ0n) is 14.2. The largest absolute Gasteiger partial charge is 0.488 e. The molecule has 0 bridgehead atoms. The lowest BCUT2D eigenvalue weighted by atomic mass is 10.0. The Bertz CT molecular complexity index is 696. The number of carbonyl (C=O) groups is 3. The van der Waals surface area contributed by atoms with Crippen LogP contribution in [0.4, 0.5) is 0 Å². The van der Waals surface area contributed by atoms with E-state index in [0.717, 1.165) is 5.56 Å². The first-order chi connectivity index (χ1) is 11.9. The van der Waals surface area contributed by atoms with Crippen LogP contribution in [0.15, 0.2) is 29.8 Å². The predicted octanol–water partition coefficient (Wildman–Crippen LogP) is 1.19. The third-order valence-corrected chi connectivity index (χ3v) is 3.67. The fraction of sp³-hybridized carbons (Fsp3) is 0.389. The van der Waals surface area contributed by atoms with E-state index in [4.69, 9.17) is 9.84 Å². The van der Waals surface area contributed by atoms with Gasteiger partial charge >= 0.3 is 5.97 Å². The molecule has 0 unspecified atom stereocenters. The molecular formula is C18H22N2O5. The van der Waals surface area contributed by atoms with Gasteiger partial charge in [-0.05, 0) is 24.5 Å². The highest BCUT2D eigenvalue weighted by Gasteiger charge is 2.22. The van der Waals surface area contributed by atoms with Crippen molar-refractivity contribution in [1.82, 2.24) is 10.6 Å². The minimum absolute atomic E-state index is 0.121. The standard InChI is InChI=1S/C18H22N2O5/c1-11(2)7-14(18(23)24)20-16(21)9-19-17(22)13-8-12-5-3-4-6-15(12)25-10-13/h3-6,8,11,14H,7,9-10H2,1-2H3,(H,19,22)(H,20,21)(H,23,24)/t14-/m0/s1. The number of ether oxygens (including phenoxy) is 1. The molecule has 2 amide bonds. The second-order valence-corrected chi connectivity index (χ2v) is 6.27. The fourth-order valence-corrected chi connectivity index (χ4v) is 2.46. The topological polar surface area (TPSA) is 105 Å². The molecule has 134 valence electrons. The summed E-state index contributed by atoms with van der Waals surface area (Å²) < 4.78 is 5.50. The van der Waals surface area contributed by atoms with Crippen molar-refractivity contribution in [2.24, 2.45) is 5.92 Å². The smallest absolute Gasteiger partial charge is 0.326 e. The second-order valence-electron chi connectivity index (χ2n) is 6.27. The second kappa shape index (κ2) is 8.32. The molecule has 0 saturated carbocycles. The van der Waals surface area contributed by atoms with E-state index in [9.17, 15) is 14.4 Å². The number of rotatable bonds is 7. The number of benzene rings is 1. The summed E-state index contributed by atoms with van der Waals surface area (Å²) in [4.78, 5) is 35.2. The number of aliphatic carboxylic acids is 1. The van der Waals surface area contributed by atoms with Crippen LogP contribution in [0.25, 0.3) is 6.08 Å². The summed E-state index contributed by atoms with van der Waals surface area (Å²) in [6.45, 7) is 3.57. The Kier molecular flexibility index (Phi) is 6.16. The fourth-order valence-electron chi connectivity index (χ4n) is 2.46. The van der Waals surface area contributed by atoms with Crippen molar-refractivity contribution in [3.63, 3.8) is 0 Å². The summed E-state index contributed by atoms with van der Waals surface area (Å²) in [7, 11) is 0. The van der Waals surface area contributed by atoms with Crippen LogP contribution >= 0.6 is 0 Å². The Balaban J connectivity index is 1.88. The Morgan fingerprint density at radius 3 is 2.64 bits per heavy atom. The van der Waals surface area contributed by atoms with Crippen molar-refractivity contribution in [3.05, 3.63) is 35.4 Å². The van der Waals surface area contributed by atoms with E-state index < -0.39 is 23.8 Å². The molecular weight excluding hydrogens is 324 g/mol. The van der Waals surface area contributed by atoms with Crippen LogP contribution in [0.2, 0.25) is 0 Å². The van der Waals surface area contributed by atoms with Crippen LogP contribution < -0.4 is 15.4 Å². The van der Waals surface area contributed by atoms with Crippen LogP contribution in [0.3, 0.4) is 0 Å². The first-order valence-corrected chi connectivity index (χ1v) is 8.09. The molecule has 0 radical (unpaired) electrons. The average molecular weight is 346 g/mol. The van der Waals surface area contributed by atoms with Crippen molar-refractivity contribution >= 4 is 23.9 Å². The highest BCUT2D eigenvalue weighted by molar-refractivity contribution is 6.00. The van der Waals surface area contributed by atoms with E-state index in [2.05, 4.69) is 10.6 Å². The molecule has 1 atom stereocenters. The molecule has 3 N–H and O–H groups in total. The van der Waals surface area contributed by atoms with Crippen LogP contribution in [0.5, 0.6) is 5.75 Å². The molecule has 7 heteroatoms. The number of nitrogens with one attached hydrogen (secondary N) is 2. The molecule has 1 aliphatic heterocycles. The third-order valence-electron chi connectivity index (χ3n) is 3.67. The van der Waals surface area contributed by atoms with Crippen LogP contribution in [-0.4, -0.2) is 42.1 Å². The Hall–Kier alpha value is -2.83.